The fraction of sp³-hybridized carbons (Fsp3) is 0.625. The van der Waals surface area contributed by atoms with E-state index < -0.39 is 10.0 Å². The van der Waals surface area contributed by atoms with E-state index in [2.05, 4.69) is 19.2 Å². The van der Waals surface area contributed by atoms with E-state index in [9.17, 15) is 8.42 Å². The predicted molar refractivity (Wildman–Crippen MR) is 85.8 cm³/mol. The summed E-state index contributed by atoms with van der Waals surface area (Å²) in [4.78, 5) is 0.426. The second-order valence-corrected chi connectivity index (χ2v) is 8.03. The van der Waals surface area contributed by atoms with Gasteiger partial charge in [-0.1, -0.05) is 26.3 Å². The van der Waals surface area contributed by atoms with E-state index in [1.54, 1.807) is 10.4 Å². The van der Waals surface area contributed by atoms with E-state index in [0.717, 1.165) is 30.4 Å². The molecule has 1 saturated heterocycles. The van der Waals surface area contributed by atoms with Crippen LogP contribution in [0, 0.1) is 6.92 Å². The quantitative estimate of drug-likeness (QED) is 0.909. The number of hydrogen-bond donors (Lipinski definition) is 1. The minimum Gasteiger partial charge on any atom is -0.310 e. The number of nitrogens with zero attached hydrogens (tertiary/aromatic N) is 1. The first-order chi connectivity index (χ1) is 9.91. The molecule has 1 heterocycles. The van der Waals surface area contributed by atoms with Crippen LogP contribution in [-0.4, -0.2) is 31.9 Å². The molecule has 0 saturated carbocycles. The Bertz CT molecular complexity index is 576. The molecular formula is C16H26N2O2S. The molecule has 1 aliphatic heterocycles. The van der Waals surface area contributed by atoms with Crippen LogP contribution in [0.15, 0.2) is 23.1 Å². The number of nitrogens with one attached hydrogen (secondary N) is 1. The van der Waals surface area contributed by atoms with E-state index in [4.69, 9.17) is 0 Å². The van der Waals surface area contributed by atoms with Crippen LogP contribution in [0.4, 0.5) is 0 Å². The maximum absolute atomic E-state index is 12.7. The molecule has 0 aliphatic carbocycles. The van der Waals surface area contributed by atoms with Crippen molar-refractivity contribution in [3.8, 4) is 0 Å². The number of benzene rings is 1. The monoisotopic (exact) mass is 310 g/mol. The number of rotatable bonds is 5. The Morgan fingerprint density at radius 2 is 1.86 bits per heavy atom. The van der Waals surface area contributed by atoms with Crippen LogP contribution in [0.25, 0.3) is 0 Å². The van der Waals surface area contributed by atoms with Crippen molar-refractivity contribution in [2.24, 2.45) is 0 Å². The third kappa shape index (κ3) is 4.05. The minimum absolute atomic E-state index is 0.381. The van der Waals surface area contributed by atoms with Gasteiger partial charge in [0.2, 0.25) is 10.0 Å². The molecule has 0 unspecified atom stereocenters. The van der Waals surface area contributed by atoms with Gasteiger partial charge in [0.15, 0.2) is 0 Å². The van der Waals surface area contributed by atoms with Crippen molar-refractivity contribution in [3.05, 3.63) is 29.3 Å². The first kappa shape index (κ1) is 16.5. The molecule has 1 aromatic carbocycles. The lowest BCUT2D eigenvalue weighted by Gasteiger charge is -2.26. The van der Waals surface area contributed by atoms with Gasteiger partial charge in [-0.25, -0.2) is 8.42 Å². The first-order valence-corrected chi connectivity index (χ1v) is 9.18. The van der Waals surface area contributed by atoms with Crippen molar-refractivity contribution in [1.82, 2.24) is 9.62 Å². The number of aryl methyl sites for hydroxylation is 1. The van der Waals surface area contributed by atoms with Gasteiger partial charge in [0.25, 0.3) is 0 Å². The second kappa shape index (κ2) is 6.90. The maximum atomic E-state index is 12.7. The lowest BCUT2D eigenvalue weighted by atomic mass is 10.1. The summed E-state index contributed by atoms with van der Waals surface area (Å²) < 4.78 is 27.0. The summed E-state index contributed by atoms with van der Waals surface area (Å²) in [5.41, 5.74) is 2.18. The van der Waals surface area contributed by atoms with Gasteiger partial charge in [-0.15, -0.1) is 0 Å². The summed E-state index contributed by atoms with van der Waals surface area (Å²) in [6.45, 7) is 8.19. The molecule has 1 N–H and O–H groups in total. The highest BCUT2D eigenvalue weighted by Crippen LogP contribution is 2.22. The molecule has 4 nitrogen and oxygen atoms in total. The maximum Gasteiger partial charge on any atom is 0.243 e. The van der Waals surface area contributed by atoms with Crippen molar-refractivity contribution in [2.45, 2.75) is 57.5 Å². The number of piperidine rings is 1. The third-order valence-corrected chi connectivity index (χ3v) is 5.87. The van der Waals surface area contributed by atoms with E-state index in [0.29, 0.717) is 30.6 Å². The van der Waals surface area contributed by atoms with Gasteiger partial charge in [-0.2, -0.15) is 4.31 Å². The molecule has 1 aliphatic rings. The molecule has 1 aromatic rings. The molecule has 0 bridgehead atoms. The summed E-state index contributed by atoms with van der Waals surface area (Å²) in [7, 11) is -3.33. The highest BCUT2D eigenvalue weighted by Gasteiger charge is 2.26. The van der Waals surface area contributed by atoms with Crippen molar-refractivity contribution >= 4 is 10.0 Å². The van der Waals surface area contributed by atoms with Crippen LogP contribution < -0.4 is 5.32 Å². The topological polar surface area (TPSA) is 49.4 Å². The molecule has 5 heteroatoms. The van der Waals surface area contributed by atoms with Crippen LogP contribution >= 0.6 is 0 Å². The SMILES string of the molecule is Cc1ccc(S(=O)(=O)N2CCCCC2)cc1CNC(C)C. The summed E-state index contributed by atoms with van der Waals surface area (Å²) in [5, 5.41) is 3.35. The van der Waals surface area contributed by atoms with Crippen LogP contribution in [0.1, 0.15) is 44.2 Å². The average molecular weight is 310 g/mol. The zero-order valence-corrected chi connectivity index (χ0v) is 14.0. The number of hydrogen-bond acceptors (Lipinski definition) is 3. The highest BCUT2D eigenvalue weighted by atomic mass is 32.2. The Balaban J connectivity index is 2.24. The molecule has 0 aromatic heterocycles. The zero-order valence-electron chi connectivity index (χ0n) is 13.2. The first-order valence-electron chi connectivity index (χ1n) is 7.74. The third-order valence-electron chi connectivity index (χ3n) is 3.97. The average Bonchev–Trinajstić information content (AvgIpc) is 2.47. The smallest absolute Gasteiger partial charge is 0.243 e. The Morgan fingerprint density at radius 1 is 1.19 bits per heavy atom. The Kier molecular flexibility index (Phi) is 5.41. The van der Waals surface area contributed by atoms with Crippen molar-refractivity contribution < 1.29 is 8.42 Å². The second-order valence-electron chi connectivity index (χ2n) is 6.09. The molecule has 118 valence electrons. The normalized spacial score (nSPS) is 17.3. The zero-order chi connectivity index (χ0) is 15.5. The van der Waals surface area contributed by atoms with Crippen molar-refractivity contribution in [3.63, 3.8) is 0 Å². The molecule has 21 heavy (non-hydrogen) atoms. The lowest BCUT2D eigenvalue weighted by molar-refractivity contribution is 0.346. The number of sulfonamides is 1. The molecule has 0 radical (unpaired) electrons. The predicted octanol–water partition coefficient (Wildman–Crippen LogP) is 2.67. The fourth-order valence-electron chi connectivity index (χ4n) is 2.57. The van der Waals surface area contributed by atoms with Crippen molar-refractivity contribution in [2.75, 3.05) is 13.1 Å². The summed E-state index contributed by atoms with van der Waals surface area (Å²) in [5.74, 6) is 0. The van der Waals surface area contributed by atoms with E-state index >= 15 is 0 Å². The van der Waals surface area contributed by atoms with Crippen LogP contribution in [0.2, 0.25) is 0 Å². The summed E-state index contributed by atoms with van der Waals surface area (Å²) in [6, 6.07) is 5.85. The van der Waals surface area contributed by atoms with Gasteiger partial charge in [0.05, 0.1) is 4.90 Å². The minimum atomic E-state index is -3.33. The van der Waals surface area contributed by atoms with Crippen molar-refractivity contribution in [1.29, 1.82) is 0 Å². The largest absolute Gasteiger partial charge is 0.310 e. The summed E-state index contributed by atoms with van der Waals surface area (Å²) >= 11 is 0. The van der Waals surface area contributed by atoms with E-state index in [-0.39, 0.29) is 0 Å². The summed E-state index contributed by atoms with van der Waals surface area (Å²) in [6.07, 6.45) is 3.06. The molecule has 0 spiro atoms. The Labute approximate surface area is 128 Å². The molecule has 0 amide bonds. The molecular weight excluding hydrogens is 284 g/mol. The van der Waals surface area contributed by atoms with Gasteiger partial charge >= 0.3 is 0 Å². The van der Waals surface area contributed by atoms with Gasteiger partial charge in [-0.3, -0.25) is 0 Å². The van der Waals surface area contributed by atoms with Crippen LogP contribution in [0.3, 0.4) is 0 Å². The molecule has 0 atom stereocenters. The Hall–Kier alpha value is -0.910. The highest BCUT2D eigenvalue weighted by molar-refractivity contribution is 7.89. The van der Waals surface area contributed by atoms with Gasteiger partial charge < -0.3 is 5.32 Å². The van der Waals surface area contributed by atoms with Crippen LogP contribution in [-0.2, 0) is 16.6 Å². The van der Waals surface area contributed by atoms with Gasteiger partial charge in [0, 0.05) is 25.7 Å². The Morgan fingerprint density at radius 3 is 2.48 bits per heavy atom. The molecule has 1 fully saturated rings. The van der Waals surface area contributed by atoms with Gasteiger partial charge in [0.1, 0.15) is 0 Å². The standard InChI is InChI=1S/C16H26N2O2S/c1-13(2)17-12-15-11-16(8-7-14(15)3)21(19,20)18-9-5-4-6-10-18/h7-8,11,13,17H,4-6,9-10,12H2,1-3H3. The lowest BCUT2D eigenvalue weighted by Crippen LogP contribution is -2.35. The molecule has 2 rings (SSSR count). The van der Waals surface area contributed by atoms with E-state index in [1.165, 1.54) is 0 Å². The fourth-order valence-corrected chi connectivity index (χ4v) is 4.14. The van der Waals surface area contributed by atoms with Crippen LogP contribution in [0.5, 0.6) is 0 Å². The van der Waals surface area contributed by atoms with E-state index in [1.807, 2.05) is 19.1 Å². The van der Waals surface area contributed by atoms with Gasteiger partial charge in [-0.05, 0) is 43.0 Å².